The monoisotopic (exact) mass is 168 g/mol. The summed E-state index contributed by atoms with van der Waals surface area (Å²) in [5.41, 5.74) is -0.131. The first-order valence-corrected chi connectivity index (χ1v) is 4.57. The lowest BCUT2D eigenvalue weighted by Gasteiger charge is -2.31. The van der Waals surface area contributed by atoms with E-state index < -0.39 is 0 Å². The second kappa shape index (κ2) is 3.80. The zero-order chi connectivity index (χ0) is 9.19. The van der Waals surface area contributed by atoms with E-state index in [4.69, 9.17) is 17.3 Å². The third-order valence-corrected chi connectivity index (χ3v) is 2.86. The Balaban J connectivity index is 2.65. The zero-order valence-electron chi connectivity index (χ0n) is 8.17. The van der Waals surface area contributed by atoms with E-state index in [-0.39, 0.29) is 11.6 Å². The fourth-order valence-electron chi connectivity index (χ4n) is 1.98. The molecule has 3 heteroatoms. The van der Waals surface area contributed by atoms with Crippen LogP contribution < -0.4 is 0 Å². The van der Waals surface area contributed by atoms with Gasteiger partial charge in [0.15, 0.2) is 0 Å². The van der Waals surface area contributed by atoms with E-state index in [1.165, 1.54) is 0 Å². The molecule has 1 heterocycles. The molecule has 0 aliphatic carbocycles. The molecule has 0 aromatic carbocycles. The summed E-state index contributed by atoms with van der Waals surface area (Å²) in [4.78, 5) is 0. The van der Waals surface area contributed by atoms with Crippen LogP contribution in [-0.4, -0.2) is 33.2 Å². The highest BCUT2D eigenvalue weighted by Crippen LogP contribution is 2.37. The number of rotatable bonds is 3. The summed E-state index contributed by atoms with van der Waals surface area (Å²) in [6.45, 7) is 4.95. The van der Waals surface area contributed by atoms with Gasteiger partial charge < -0.3 is 9.47 Å². The molecule has 1 saturated heterocycles. The molecular weight excluding hydrogens is 151 g/mol. The highest BCUT2D eigenvalue weighted by molar-refractivity contribution is 6.11. The van der Waals surface area contributed by atoms with Gasteiger partial charge in [0.2, 0.25) is 0 Å². The first-order valence-electron chi connectivity index (χ1n) is 4.57. The number of ether oxygens (including phenoxy) is 2. The van der Waals surface area contributed by atoms with Gasteiger partial charge in [0.1, 0.15) is 7.85 Å². The fraction of sp³-hybridized carbons (Fsp3) is 1.00. The van der Waals surface area contributed by atoms with Crippen molar-refractivity contribution in [1.29, 1.82) is 0 Å². The van der Waals surface area contributed by atoms with Crippen LogP contribution in [0.1, 0.15) is 26.7 Å². The largest absolute Gasteiger partial charge is 0.382 e. The van der Waals surface area contributed by atoms with E-state index in [0.717, 1.165) is 12.8 Å². The number of hydrogen-bond acceptors (Lipinski definition) is 2. The quantitative estimate of drug-likeness (QED) is 0.592. The molecule has 0 N–H and O–H groups in total. The van der Waals surface area contributed by atoms with Crippen LogP contribution in [0.5, 0.6) is 0 Å². The molecule has 12 heavy (non-hydrogen) atoms. The summed E-state index contributed by atoms with van der Waals surface area (Å²) in [5, 5.41) is 0. The molecule has 0 saturated carbocycles. The van der Waals surface area contributed by atoms with Gasteiger partial charge in [0.05, 0.1) is 12.2 Å². The van der Waals surface area contributed by atoms with Crippen molar-refractivity contribution in [3.63, 3.8) is 0 Å². The molecular formula is C9H17BO2. The van der Waals surface area contributed by atoms with Crippen LogP contribution in [0, 0.1) is 5.92 Å². The third-order valence-electron chi connectivity index (χ3n) is 2.86. The Bertz CT molecular complexity index is 151. The molecule has 1 aliphatic rings. The lowest BCUT2D eigenvalue weighted by molar-refractivity contribution is -0.0815. The minimum Gasteiger partial charge on any atom is -0.382 e. The van der Waals surface area contributed by atoms with Gasteiger partial charge in [0, 0.05) is 13.1 Å². The molecule has 68 valence electrons. The van der Waals surface area contributed by atoms with Gasteiger partial charge in [0.25, 0.3) is 0 Å². The lowest BCUT2D eigenvalue weighted by atomic mass is 9.84. The standard InChI is InChI=1S/C9H17BO2/c1-4-9(6-11-3)7(2)5-8(10)12-9/h7-8H,4-6H2,1-3H3/t7?,8?,9-/m1/s1. The highest BCUT2D eigenvalue weighted by Gasteiger charge is 2.42. The molecule has 0 amide bonds. The van der Waals surface area contributed by atoms with Crippen LogP contribution >= 0.6 is 0 Å². The average Bonchev–Trinajstić information content (AvgIpc) is 2.28. The Morgan fingerprint density at radius 3 is 2.67 bits per heavy atom. The number of methoxy groups -OCH3 is 1. The molecule has 3 atom stereocenters. The minimum atomic E-state index is -0.131. The first-order chi connectivity index (χ1) is 5.64. The normalized spacial score (nSPS) is 41.9. The predicted molar refractivity (Wildman–Crippen MR) is 49.3 cm³/mol. The Kier molecular flexibility index (Phi) is 3.19. The summed E-state index contributed by atoms with van der Waals surface area (Å²) in [7, 11) is 7.43. The maximum Gasteiger partial charge on any atom is 0.109 e. The van der Waals surface area contributed by atoms with Crippen molar-refractivity contribution in [3.05, 3.63) is 0 Å². The van der Waals surface area contributed by atoms with Crippen LogP contribution in [0.2, 0.25) is 0 Å². The van der Waals surface area contributed by atoms with Gasteiger partial charge in [-0.1, -0.05) is 13.8 Å². The van der Waals surface area contributed by atoms with Crippen molar-refractivity contribution < 1.29 is 9.47 Å². The van der Waals surface area contributed by atoms with Gasteiger partial charge in [-0.25, -0.2) is 0 Å². The summed E-state index contributed by atoms with van der Waals surface area (Å²) in [6, 6.07) is -0.102. The Hall–Kier alpha value is -0.0151. The van der Waals surface area contributed by atoms with E-state index in [2.05, 4.69) is 13.8 Å². The van der Waals surface area contributed by atoms with Gasteiger partial charge >= 0.3 is 0 Å². The lowest BCUT2D eigenvalue weighted by Crippen LogP contribution is -2.38. The smallest absolute Gasteiger partial charge is 0.109 e. The fourth-order valence-corrected chi connectivity index (χ4v) is 1.98. The second-order valence-electron chi connectivity index (χ2n) is 3.64. The van der Waals surface area contributed by atoms with Crippen molar-refractivity contribution in [1.82, 2.24) is 0 Å². The Labute approximate surface area is 76.0 Å². The van der Waals surface area contributed by atoms with Crippen molar-refractivity contribution >= 4 is 7.85 Å². The van der Waals surface area contributed by atoms with Crippen molar-refractivity contribution in [3.8, 4) is 0 Å². The van der Waals surface area contributed by atoms with E-state index in [1.54, 1.807) is 7.11 Å². The van der Waals surface area contributed by atoms with Gasteiger partial charge in [-0.2, -0.15) is 0 Å². The molecule has 2 nitrogen and oxygen atoms in total. The minimum absolute atomic E-state index is 0.102. The molecule has 0 spiro atoms. The molecule has 1 aliphatic heterocycles. The SMILES string of the molecule is [B]C1CC(C)[C@@](CC)(COC)O1. The second-order valence-corrected chi connectivity index (χ2v) is 3.64. The van der Waals surface area contributed by atoms with Crippen molar-refractivity contribution in [2.75, 3.05) is 13.7 Å². The average molecular weight is 168 g/mol. The molecule has 1 fully saturated rings. The van der Waals surface area contributed by atoms with Crippen LogP contribution in [0.25, 0.3) is 0 Å². The van der Waals surface area contributed by atoms with E-state index >= 15 is 0 Å². The summed E-state index contributed by atoms with van der Waals surface area (Å²) < 4.78 is 10.9. The van der Waals surface area contributed by atoms with Gasteiger partial charge in [-0.05, 0) is 18.8 Å². The van der Waals surface area contributed by atoms with E-state index in [1.807, 2.05) is 0 Å². The van der Waals surface area contributed by atoms with Gasteiger partial charge in [-0.15, -0.1) is 0 Å². The Morgan fingerprint density at radius 2 is 2.33 bits per heavy atom. The zero-order valence-corrected chi connectivity index (χ0v) is 8.17. The summed E-state index contributed by atoms with van der Waals surface area (Å²) in [5.74, 6) is 0.498. The molecule has 0 bridgehead atoms. The summed E-state index contributed by atoms with van der Waals surface area (Å²) in [6.07, 6.45) is 1.91. The van der Waals surface area contributed by atoms with Crippen molar-refractivity contribution in [2.24, 2.45) is 5.92 Å². The topological polar surface area (TPSA) is 18.5 Å². The van der Waals surface area contributed by atoms with Crippen molar-refractivity contribution in [2.45, 2.75) is 38.3 Å². The maximum atomic E-state index is 5.73. The van der Waals surface area contributed by atoms with Crippen LogP contribution in [0.4, 0.5) is 0 Å². The van der Waals surface area contributed by atoms with Crippen LogP contribution in [0.3, 0.4) is 0 Å². The summed E-state index contributed by atoms with van der Waals surface area (Å²) >= 11 is 0. The van der Waals surface area contributed by atoms with Crippen LogP contribution in [-0.2, 0) is 9.47 Å². The van der Waals surface area contributed by atoms with E-state index in [9.17, 15) is 0 Å². The third kappa shape index (κ3) is 1.67. The maximum absolute atomic E-state index is 5.73. The van der Waals surface area contributed by atoms with Crippen LogP contribution in [0.15, 0.2) is 0 Å². The molecule has 1 rings (SSSR count). The molecule has 0 aromatic rings. The van der Waals surface area contributed by atoms with Gasteiger partial charge in [-0.3, -0.25) is 0 Å². The molecule has 2 radical (unpaired) electrons. The first kappa shape index (κ1) is 10.1. The molecule has 0 aromatic heterocycles. The van der Waals surface area contributed by atoms with E-state index in [0.29, 0.717) is 12.5 Å². The Morgan fingerprint density at radius 1 is 1.67 bits per heavy atom. The highest BCUT2D eigenvalue weighted by atomic mass is 16.5. The predicted octanol–water partition coefficient (Wildman–Crippen LogP) is 1.33. The number of hydrogen-bond donors (Lipinski definition) is 0. The molecule has 2 unspecified atom stereocenters.